The molecule has 2 unspecified atom stereocenters. The molecule has 1 heterocycles. The van der Waals surface area contributed by atoms with E-state index in [9.17, 15) is 10.1 Å². The average Bonchev–Trinajstić information content (AvgIpc) is 2.67. The molecule has 0 saturated carbocycles. The lowest BCUT2D eigenvalue weighted by molar-refractivity contribution is -0.384. The Morgan fingerprint density at radius 1 is 1.42 bits per heavy atom. The van der Waals surface area contributed by atoms with Gasteiger partial charge in [-0.2, -0.15) is 0 Å². The third-order valence-electron chi connectivity index (χ3n) is 3.88. The van der Waals surface area contributed by atoms with Crippen molar-refractivity contribution in [3.63, 3.8) is 0 Å². The van der Waals surface area contributed by atoms with Crippen molar-refractivity contribution in [3.05, 3.63) is 33.9 Å². The second-order valence-corrected chi connectivity index (χ2v) is 5.40. The largest absolute Gasteiger partial charge is 0.318 e. The first-order chi connectivity index (χ1) is 9.01. The van der Waals surface area contributed by atoms with Gasteiger partial charge in [0.1, 0.15) is 5.69 Å². The van der Waals surface area contributed by atoms with E-state index in [1.165, 1.54) is 6.07 Å². The van der Waals surface area contributed by atoms with Crippen molar-refractivity contribution in [2.45, 2.75) is 20.4 Å². The minimum absolute atomic E-state index is 0.00871. The summed E-state index contributed by atoms with van der Waals surface area (Å²) < 4.78 is 0. The fourth-order valence-electron chi connectivity index (χ4n) is 2.59. The lowest BCUT2D eigenvalue weighted by atomic mass is 10.0. The molecule has 1 aliphatic rings. The molecule has 0 spiro atoms. The maximum absolute atomic E-state index is 10.8. The highest BCUT2D eigenvalue weighted by atomic mass is 16.6. The summed E-state index contributed by atoms with van der Waals surface area (Å²) in [6.07, 6.45) is 0. The summed E-state index contributed by atoms with van der Waals surface area (Å²) in [5.41, 5.74) is 3.81. The van der Waals surface area contributed by atoms with Crippen molar-refractivity contribution < 1.29 is 4.92 Å². The summed E-state index contributed by atoms with van der Waals surface area (Å²) >= 11 is 0. The summed E-state index contributed by atoms with van der Waals surface area (Å²) in [5, 5.41) is 10.8. The first-order valence-electron chi connectivity index (χ1n) is 6.47. The van der Waals surface area contributed by atoms with Crippen LogP contribution in [0.5, 0.6) is 0 Å². The van der Waals surface area contributed by atoms with Crippen LogP contribution in [0.25, 0.3) is 0 Å². The van der Waals surface area contributed by atoms with Crippen molar-refractivity contribution in [2.75, 3.05) is 18.5 Å². The number of nitrogen functional groups attached to an aromatic ring is 1. The van der Waals surface area contributed by atoms with E-state index >= 15 is 0 Å². The van der Waals surface area contributed by atoms with Crippen molar-refractivity contribution in [1.29, 1.82) is 0 Å². The predicted molar refractivity (Wildman–Crippen MR) is 74.5 cm³/mol. The van der Waals surface area contributed by atoms with Crippen LogP contribution in [0.1, 0.15) is 19.4 Å². The normalized spacial score (nSPS) is 23.5. The summed E-state index contributed by atoms with van der Waals surface area (Å²) in [5.74, 6) is 6.74. The SMILES string of the molecule is CC1CN(Cc2ccc([N+](=O)[O-])c(NN)c2)CC1C. The lowest BCUT2D eigenvalue weighted by Gasteiger charge is -2.16. The molecule has 104 valence electrons. The van der Waals surface area contributed by atoms with Gasteiger partial charge in [-0.15, -0.1) is 0 Å². The van der Waals surface area contributed by atoms with Gasteiger partial charge < -0.3 is 5.43 Å². The maximum Gasteiger partial charge on any atom is 0.293 e. The van der Waals surface area contributed by atoms with Gasteiger partial charge >= 0.3 is 0 Å². The summed E-state index contributed by atoms with van der Waals surface area (Å²) in [6.45, 7) is 7.47. The molecule has 0 aliphatic carbocycles. The molecule has 19 heavy (non-hydrogen) atoms. The molecule has 0 aromatic heterocycles. The molecule has 1 aromatic rings. The minimum Gasteiger partial charge on any atom is -0.318 e. The molecule has 0 bridgehead atoms. The zero-order valence-electron chi connectivity index (χ0n) is 11.3. The molecule has 1 saturated heterocycles. The summed E-state index contributed by atoms with van der Waals surface area (Å²) in [7, 11) is 0. The molecule has 2 rings (SSSR count). The molecule has 6 heteroatoms. The van der Waals surface area contributed by atoms with E-state index in [1.807, 2.05) is 0 Å². The molecule has 1 fully saturated rings. The van der Waals surface area contributed by atoms with Crippen molar-refractivity contribution in [3.8, 4) is 0 Å². The van der Waals surface area contributed by atoms with Gasteiger partial charge in [0.15, 0.2) is 0 Å². The molecule has 0 amide bonds. The number of nitrogens with one attached hydrogen (secondary N) is 1. The zero-order valence-corrected chi connectivity index (χ0v) is 11.3. The number of nitro benzene ring substituents is 1. The number of nitrogens with zero attached hydrogens (tertiary/aromatic N) is 2. The van der Waals surface area contributed by atoms with Gasteiger partial charge in [0.05, 0.1) is 4.92 Å². The second-order valence-electron chi connectivity index (χ2n) is 5.40. The fourth-order valence-corrected chi connectivity index (χ4v) is 2.59. The first kappa shape index (κ1) is 13.8. The maximum atomic E-state index is 10.8. The molecular formula is C13H20N4O2. The van der Waals surface area contributed by atoms with Crippen molar-refractivity contribution in [2.24, 2.45) is 17.7 Å². The third-order valence-corrected chi connectivity index (χ3v) is 3.88. The van der Waals surface area contributed by atoms with E-state index in [-0.39, 0.29) is 5.69 Å². The number of anilines is 1. The number of benzene rings is 1. The molecule has 1 aliphatic heterocycles. The van der Waals surface area contributed by atoms with Crippen LogP contribution in [0.4, 0.5) is 11.4 Å². The molecule has 6 nitrogen and oxygen atoms in total. The van der Waals surface area contributed by atoms with E-state index in [2.05, 4.69) is 24.2 Å². The second kappa shape index (κ2) is 5.54. The van der Waals surface area contributed by atoms with Gasteiger partial charge in [-0.1, -0.05) is 19.9 Å². The van der Waals surface area contributed by atoms with Crippen LogP contribution < -0.4 is 11.3 Å². The number of nitro groups is 1. The highest BCUT2D eigenvalue weighted by molar-refractivity contribution is 5.62. The lowest BCUT2D eigenvalue weighted by Crippen LogP contribution is -2.20. The van der Waals surface area contributed by atoms with Crippen LogP contribution in [0, 0.1) is 22.0 Å². The number of hydrazine groups is 1. The Hall–Kier alpha value is -1.66. The topological polar surface area (TPSA) is 84.4 Å². The van der Waals surface area contributed by atoms with Crippen LogP contribution in [0.3, 0.4) is 0 Å². The van der Waals surface area contributed by atoms with E-state index in [4.69, 9.17) is 5.84 Å². The van der Waals surface area contributed by atoms with Gasteiger partial charge in [-0.05, 0) is 23.5 Å². The van der Waals surface area contributed by atoms with E-state index < -0.39 is 4.92 Å². The average molecular weight is 264 g/mol. The number of likely N-dealkylation sites (tertiary alicyclic amines) is 1. The van der Waals surface area contributed by atoms with Crippen LogP contribution in [-0.2, 0) is 6.54 Å². The van der Waals surface area contributed by atoms with Crippen LogP contribution >= 0.6 is 0 Å². The van der Waals surface area contributed by atoms with Crippen molar-refractivity contribution in [1.82, 2.24) is 4.90 Å². The zero-order chi connectivity index (χ0) is 14.0. The van der Waals surface area contributed by atoms with Gasteiger partial charge in [0, 0.05) is 25.7 Å². The Morgan fingerprint density at radius 3 is 2.58 bits per heavy atom. The molecule has 3 N–H and O–H groups in total. The Labute approximate surface area is 112 Å². The Kier molecular flexibility index (Phi) is 4.01. The van der Waals surface area contributed by atoms with E-state index in [1.54, 1.807) is 12.1 Å². The van der Waals surface area contributed by atoms with E-state index in [0.29, 0.717) is 17.5 Å². The third kappa shape index (κ3) is 3.02. The van der Waals surface area contributed by atoms with Gasteiger partial charge in [-0.3, -0.25) is 20.9 Å². The summed E-state index contributed by atoms with van der Waals surface area (Å²) in [6, 6.07) is 5.06. The predicted octanol–water partition coefficient (Wildman–Crippen LogP) is 1.97. The number of rotatable bonds is 4. The number of nitrogens with two attached hydrogens (primary N) is 1. The molecule has 0 radical (unpaired) electrons. The van der Waals surface area contributed by atoms with Gasteiger partial charge in [0.2, 0.25) is 0 Å². The molecule has 1 aromatic carbocycles. The minimum atomic E-state index is -0.432. The first-order valence-corrected chi connectivity index (χ1v) is 6.47. The Morgan fingerprint density at radius 2 is 2.05 bits per heavy atom. The van der Waals surface area contributed by atoms with Gasteiger partial charge in [-0.25, -0.2) is 0 Å². The Balaban J connectivity index is 2.12. The summed E-state index contributed by atoms with van der Waals surface area (Å²) in [4.78, 5) is 12.8. The number of hydrogen-bond donors (Lipinski definition) is 2. The quantitative estimate of drug-likeness (QED) is 0.493. The highest BCUT2D eigenvalue weighted by Crippen LogP contribution is 2.27. The van der Waals surface area contributed by atoms with Gasteiger partial charge in [0.25, 0.3) is 5.69 Å². The fraction of sp³-hybridized carbons (Fsp3) is 0.538. The molecule has 2 atom stereocenters. The van der Waals surface area contributed by atoms with Crippen molar-refractivity contribution >= 4 is 11.4 Å². The van der Waals surface area contributed by atoms with Crippen LogP contribution in [0.2, 0.25) is 0 Å². The van der Waals surface area contributed by atoms with Crippen LogP contribution in [0.15, 0.2) is 18.2 Å². The smallest absolute Gasteiger partial charge is 0.293 e. The standard InChI is InChI=1S/C13H20N4O2/c1-9-6-16(7-10(9)2)8-11-3-4-13(17(18)19)12(5-11)15-14/h3-5,9-10,15H,6-8,14H2,1-2H3. The highest BCUT2D eigenvalue weighted by Gasteiger charge is 2.26. The van der Waals surface area contributed by atoms with E-state index in [0.717, 1.165) is 25.2 Å². The monoisotopic (exact) mass is 264 g/mol. The number of hydrogen-bond acceptors (Lipinski definition) is 5. The van der Waals surface area contributed by atoms with Crippen LogP contribution in [-0.4, -0.2) is 22.9 Å². The Bertz CT molecular complexity index is 468. The molecular weight excluding hydrogens is 244 g/mol.